The van der Waals surface area contributed by atoms with Gasteiger partial charge in [-0.2, -0.15) is 0 Å². The minimum Gasteiger partial charge on any atom is -0.292 e. The molecule has 0 saturated carbocycles. The summed E-state index contributed by atoms with van der Waals surface area (Å²) in [5, 5.41) is 4.97. The van der Waals surface area contributed by atoms with Crippen molar-refractivity contribution in [2.75, 3.05) is 0 Å². The van der Waals surface area contributed by atoms with Gasteiger partial charge in [-0.15, -0.1) is 0 Å². The third-order valence-electron chi connectivity index (χ3n) is 8.01. The van der Waals surface area contributed by atoms with Crippen LogP contribution in [0, 0.1) is 0 Å². The van der Waals surface area contributed by atoms with Gasteiger partial charge in [0.15, 0.2) is 0 Å². The van der Waals surface area contributed by atoms with Gasteiger partial charge in [-0.3, -0.25) is 4.57 Å². The lowest BCUT2D eigenvalue weighted by Crippen LogP contribution is -1.99. The zero-order valence-electron chi connectivity index (χ0n) is 22.4. The van der Waals surface area contributed by atoms with Crippen LogP contribution in [-0.4, -0.2) is 9.55 Å². The number of fused-ring (bicyclic) bond motifs is 3. The molecule has 1 aromatic heterocycles. The fourth-order valence-corrected chi connectivity index (χ4v) is 6.28. The van der Waals surface area contributed by atoms with Gasteiger partial charge in [-0.05, 0) is 68.1 Å². The highest BCUT2D eigenvalue weighted by Crippen LogP contribution is 2.46. The second kappa shape index (κ2) is 9.62. The summed E-state index contributed by atoms with van der Waals surface area (Å²) in [6.45, 7) is 0. The van der Waals surface area contributed by atoms with Crippen LogP contribution in [0.4, 0.5) is 0 Å². The van der Waals surface area contributed by atoms with Gasteiger partial charge in [0.05, 0.1) is 11.0 Å². The van der Waals surface area contributed by atoms with E-state index in [-0.39, 0.29) is 0 Å². The summed E-state index contributed by atoms with van der Waals surface area (Å²) in [6, 6.07) is 56.0. The Morgan fingerprint density at radius 2 is 0.878 bits per heavy atom. The number of hydrogen-bond donors (Lipinski definition) is 0. The molecule has 192 valence electrons. The first-order valence-corrected chi connectivity index (χ1v) is 14.0. The monoisotopic (exact) mass is 522 g/mol. The Hall–Kier alpha value is -5.47. The standard InChI is InChI=1S/C39H26N2/c1-3-15-27(16-4-1)37-29-19-7-9-21-31(29)38(32-22-10-8-20-30(32)37)33-23-11-12-24-34(33)39-40-35-25-13-14-26-36(35)41(39)28-17-5-2-6-18-28/h1-26H. The van der Waals surface area contributed by atoms with E-state index in [4.69, 9.17) is 4.98 Å². The van der Waals surface area contributed by atoms with Crippen molar-refractivity contribution in [1.29, 1.82) is 0 Å². The highest BCUT2D eigenvalue weighted by Gasteiger charge is 2.21. The van der Waals surface area contributed by atoms with Gasteiger partial charge in [0.1, 0.15) is 5.82 Å². The van der Waals surface area contributed by atoms with Crippen LogP contribution in [0.2, 0.25) is 0 Å². The van der Waals surface area contributed by atoms with E-state index in [2.05, 4.69) is 162 Å². The molecule has 0 saturated heterocycles. The van der Waals surface area contributed by atoms with E-state index in [1.165, 1.54) is 43.8 Å². The van der Waals surface area contributed by atoms with Gasteiger partial charge in [-0.1, -0.05) is 133 Å². The molecule has 8 aromatic rings. The maximum atomic E-state index is 5.23. The van der Waals surface area contributed by atoms with Crippen LogP contribution >= 0.6 is 0 Å². The molecule has 0 radical (unpaired) electrons. The van der Waals surface area contributed by atoms with E-state index in [0.717, 1.165) is 28.1 Å². The largest absolute Gasteiger partial charge is 0.292 e. The molecule has 0 bridgehead atoms. The first kappa shape index (κ1) is 23.4. The maximum Gasteiger partial charge on any atom is 0.146 e. The second-order valence-corrected chi connectivity index (χ2v) is 10.3. The minimum absolute atomic E-state index is 0.938. The molecular formula is C39H26N2. The van der Waals surface area contributed by atoms with Gasteiger partial charge in [0.25, 0.3) is 0 Å². The van der Waals surface area contributed by atoms with Crippen molar-refractivity contribution in [3.8, 4) is 39.3 Å². The summed E-state index contributed by atoms with van der Waals surface area (Å²) >= 11 is 0. The van der Waals surface area contributed by atoms with E-state index in [1.807, 2.05) is 0 Å². The van der Waals surface area contributed by atoms with Crippen LogP contribution in [0.15, 0.2) is 158 Å². The summed E-state index contributed by atoms with van der Waals surface area (Å²) in [4.78, 5) is 5.23. The molecule has 1 heterocycles. The van der Waals surface area contributed by atoms with Gasteiger partial charge in [0.2, 0.25) is 0 Å². The molecule has 0 atom stereocenters. The van der Waals surface area contributed by atoms with Gasteiger partial charge in [0, 0.05) is 11.3 Å². The molecule has 7 aromatic carbocycles. The van der Waals surface area contributed by atoms with E-state index in [0.29, 0.717) is 0 Å². The zero-order chi connectivity index (χ0) is 27.2. The first-order valence-electron chi connectivity index (χ1n) is 14.0. The van der Waals surface area contributed by atoms with Crippen molar-refractivity contribution in [3.05, 3.63) is 158 Å². The Kier molecular flexibility index (Phi) is 5.49. The number of nitrogens with zero attached hydrogens (tertiary/aromatic N) is 2. The fourth-order valence-electron chi connectivity index (χ4n) is 6.28. The summed E-state index contributed by atoms with van der Waals surface area (Å²) in [6.07, 6.45) is 0. The summed E-state index contributed by atoms with van der Waals surface area (Å²) in [5.41, 5.74) is 9.19. The van der Waals surface area contributed by atoms with Gasteiger partial charge >= 0.3 is 0 Å². The molecule has 0 aliphatic carbocycles. The molecule has 0 amide bonds. The lowest BCUT2D eigenvalue weighted by atomic mass is 9.84. The van der Waals surface area contributed by atoms with Crippen LogP contribution in [0.5, 0.6) is 0 Å². The van der Waals surface area contributed by atoms with Crippen LogP contribution in [0.1, 0.15) is 0 Å². The van der Waals surface area contributed by atoms with Gasteiger partial charge in [-0.25, -0.2) is 4.98 Å². The van der Waals surface area contributed by atoms with Crippen molar-refractivity contribution in [1.82, 2.24) is 9.55 Å². The molecule has 0 spiro atoms. The molecule has 0 aliphatic rings. The molecule has 41 heavy (non-hydrogen) atoms. The van der Waals surface area contributed by atoms with E-state index < -0.39 is 0 Å². The molecule has 8 rings (SSSR count). The molecule has 0 fully saturated rings. The number of hydrogen-bond acceptors (Lipinski definition) is 1. The first-order chi connectivity index (χ1) is 20.4. The predicted molar refractivity (Wildman–Crippen MR) is 172 cm³/mol. The normalized spacial score (nSPS) is 11.4. The lowest BCUT2D eigenvalue weighted by Gasteiger charge is -2.20. The number of rotatable bonds is 4. The average molecular weight is 523 g/mol. The fraction of sp³-hybridized carbons (Fsp3) is 0. The van der Waals surface area contributed by atoms with Crippen LogP contribution in [0.3, 0.4) is 0 Å². The van der Waals surface area contributed by atoms with Crippen molar-refractivity contribution in [3.63, 3.8) is 0 Å². The molecule has 0 unspecified atom stereocenters. The Morgan fingerprint density at radius 3 is 1.54 bits per heavy atom. The molecule has 2 nitrogen and oxygen atoms in total. The summed E-state index contributed by atoms with van der Waals surface area (Å²) < 4.78 is 2.29. The van der Waals surface area contributed by atoms with Crippen LogP contribution in [-0.2, 0) is 0 Å². The maximum absolute atomic E-state index is 5.23. The molecular weight excluding hydrogens is 496 g/mol. The number of para-hydroxylation sites is 3. The van der Waals surface area contributed by atoms with Crippen LogP contribution in [0.25, 0.3) is 71.9 Å². The van der Waals surface area contributed by atoms with Crippen molar-refractivity contribution < 1.29 is 0 Å². The van der Waals surface area contributed by atoms with Gasteiger partial charge < -0.3 is 0 Å². The zero-order valence-corrected chi connectivity index (χ0v) is 22.4. The number of benzene rings is 7. The van der Waals surface area contributed by atoms with E-state index in [9.17, 15) is 0 Å². The number of aromatic nitrogens is 2. The number of imidazole rings is 1. The Bertz CT molecular complexity index is 2130. The smallest absolute Gasteiger partial charge is 0.146 e. The highest BCUT2D eigenvalue weighted by molar-refractivity contribution is 6.22. The highest BCUT2D eigenvalue weighted by atomic mass is 15.1. The predicted octanol–water partition coefficient (Wildman–Crippen LogP) is 10.3. The molecule has 0 N–H and O–H groups in total. The van der Waals surface area contributed by atoms with Crippen molar-refractivity contribution >= 4 is 32.6 Å². The summed E-state index contributed by atoms with van der Waals surface area (Å²) in [7, 11) is 0. The summed E-state index contributed by atoms with van der Waals surface area (Å²) in [5.74, 6) is 0.938. The second-order valence-electron chi connectivity index (χ2n) is 10.3. The Labute approximate surface area is 238 Å². The lowest BCUT2D eigenvalue weighted by molar-refractivity contribution is 1.10. The SMILES string of the molecule is c1ccc(-c2c3ccccc3c(-c3ccccc3-c3nc4ccccc4n3-c3ccccc3)c3ccccc23)cc1. The quantitative estimate of drug-likeness (QED) is 0.210. The van der Waals surface area contributed by atoms with Crippen molar-refractivity contribution in [2.45, 2.75) is 0 Å². The average Bonchev–Trinajstić information content (AvgIpc) is 3.44. The van der Waals surface area contributed by atoms with Crippen LogP contribution < -0.4 is 0 Å². The third kappa shape index (κ3) is 3.76. The minimum atomic E-state index is 0.938. The van der Waals surface area contributed by atoms with E-state index >= 15 is 0 Å². The topological polar surface area (TPSA) is 17.8 Å². The molecule has 2 heteroatoms. The Balaban J connectivity index is 1.50. The van der Waals surface area contributed by atoms with Crippen molar-refractivity contribution in [2.24, 2.45) is 0 Å². The third-order valence-corrected chi connectivity index (χ3v) is 8.01. The Morgan fingerprint density at radius 1 is 0.390 bits per heavy atom. The van der Waals surface area contributed by atoms with E-state index in [1.54, 1.807) is 0 Å². The molecule has 0 aliphatic heterocycles.